The number of ether oxygens (including phenoxy) is 1. The molecule has 0 aromatic heterocycles. The van der Waals surface area contributed by atoms with Crippen LogP contribution in [0.1, 0.15) is 49.7 Å². The molecule has 1 aliphatic carbocycles. The van der Waals surface area contributed by atoms with Crippen LogP contribution in [0, 0.1) is 5.92 Å². The maximum absolute atomic E-state index is 14.7. The molecule has 3 fully saturated rings. The number of carbonyl (C=O) groups excluding carboxylic acids is 1. The Morgan fingerprint density at radius 3 is 2.08 bits per heavy atom. The molecule has 1 unspecified atom stereocenters. The maximum Gasteiger partial charge on any atom is 0.416 e. The smallest absolute Gasteiger partial charge is 0.416 e. The Kier molecular flexibility index (Phi) is 11.1. The number of nitrogens with two attached hydrogens (primary N) is 1. The number of hydrogen-bond donors (Lipinski definition) is 1. The Morgan fingerprint density at radius 2 is 1.47 bits per heavy atom. The number of rotatable bonds is 9. The highest BCUT2D eigenvalue weighted by molar-refractivity contribution is 7.89. The second kappa shape index (κ2) is 15.2. The second-order valence-electron chi connectivity index (χ2n) is 13.8. The van der Waals surface area contributed by atoms with Gasteiger partial charge in [-0.3, -0.25) is 9.69 Å². The van der Waals surface area contributed by atoms with Crippen LogP contribution in [0.25, 0.3) is 11.1 Å². The summed E-state index contributed by atoms with van der Waals surface area (Å²) in [6.07, 6.45) is 1.26. The first-order valence-electron chi connectivity index (χ1n) is 17.4. The molecule has 1 saturated carbocycles. The van der Waals surface area contributed by atoms with Crippen LogP contribution in [0.2, 0.25) is 0 Å². The summed E-state index contributed by atoms with van der Waals surface area (Å²) in [5.74, 6) is -3.00. The van der Waals surface area contributed by atoms with Gasteiger partial charge in [-0.1, -0.05) is 55.7 Å². The van der Waals surface area contributed by atoms with Crippen LogP contribution >= 0.6 is 0 Å². The van der Waals surface area contributed by atoms with E-state index in [1.807, 2.05) is 17.0 Å². The summed E-state index contributed by atoms with van der Waals surface area (Å²) in [4.78, 5) is 16.8. The van der Waals surface area contributed by atoms with Crippen molar-refractivity contribution < 1.29 is 39.9 Å². The molecule has 6 rings (SSSR count). The Bertz CT molecular complexity index is 1750. The molecule has 3 aliphatic rings. The predicted molar refractivity (Wildman–Crippen MR) is 182 cm³/mol. The van der Waals surface area contributed by atoms with Crippen LogP contribution in [-0.2, 0) is 27.5 Å². The molecule has 2 N–H and O–H groups in total. The Labute approximate surface area is 295 Å². The van der Waals surface area contributed by atoms with E-state index in [0.717, 1.165) is 39.7 Å². The molecule has 0 radical (unpaired) electrons. The van der Waals surface area contributed by atoms with Gasteiger partial charge >= 0.3 is 6.18 Å². The number of sulfonamides is 1. The zero-order valence-corrected chi connectivity index (χ0v) is 29.0. The van der Waals surface area contributed by atoms with Crippen molar-refractivity contribution in [3.8, 4) is 16.9 Å². The fraction of sp³-hybridized carbons (Fsp3) is 0.486. The monoisotopic (exact) mass is 734 g/mol. The lowest BCUT2D eigenvalue weighted by molar-refractivity contribution is -0.149. The highest BCUT2D eigenvalue weighted by Crippen LogP contribution is 2.33. The van der Waals surface area contributed by atoms with E-state index in [2.05, 4.69) is 0 Å². The average molecular weight is 735 g/mol. The maximum atomic E-state index is 14.7. The van der Waals surface area contributed by atoms with Gasteiger partial charge in [-0.05, 0) is 78.3 Å². The van der Waals surface area contributed by atoms with Crippen LogP contribution in [0.5, 0.6) is 5.75 Å². The average Bonchev–Trinajstić information content (AvgIpc) is 3.12. The number of likely N-dealkylation sites (tertiary alicyclic amines) is 1. The van der Waals surface area contributed by atoms with E-state index in [1.54, 1.807) is 24.3 Å². The zero-order chi connectivity index (χ0) is 36.4. The summed E-state index contributed by atoms with van der Waals surface area (Å²) in [6.45, 7) is 0.175. The van der Waals surface area contributed by atoms with Gasteiger partial charge in [-0.25, -0.2) is 17.2 Å². The fourth-order valence-electron chi connectivity index (χ4n) is 7.13. The molecule has 2 saturated heterocycles. The molecule has 3 aromatic rings. The van der Waals surface area contributed by atoms with Gasteiger partial charge in [0.05, 0.1) is 29.7 Å². The van der Waals surface area contributed by atoms with Crippen molar-refractivity contribution in [3.63, 3.8) is 0 Å². The number of halogens is 5. The largest absolute Gasteiger partial charge is 0.493 e. The van der Waals surface area contributed by atoms with E-state index in [-0.39, 0.29) is 37.5 Å². The third-order valence-corrected chi connectivity index (χ3v) is 12.1. The SMILES string of the molecule is NC1CCN(C(=O)[C@@H]2CN(Cc3ccc(-c4ccc(C(F)(F)F)cc4)cc3)CCN2S(=O)(=O)c2ccc(OCC3CCCCC3)cc2)CC1(F)F. The minimum Gasteiger partial charge on any atom is -0.493 e. The molecule has 51 heavy (non-hydrogen) atoms. The van der Waals surface area contributed by atoms with Gasteiger partial charge in [0.15, 0.2) is 0 Å². The van der Waals surface area contributed by atoms with Crippen LogP contribution in [0.3, 0.4) is 0 Å². The van der Waals surface area contributed by atoms with Gasteiger partial charge in [-0.2, -0.15) is 17.5 Å². The van der Waals surface area contributed by atoms with E-state index >= 15 is 0 Å². The summed E-state index contributed by atoms with van der Waals surface area (Å²) in [5.41, 5.74) is 7.04. The molecule has 2 heterocycles. The lowest BCUT2D eigenvalue weighted by Crippen LogP contribution is -2.64. The van der Waals surface area contributed by atoms with Crippen molar-refractivity contribution in [3.05, 3.63) is 83.9 Å². The van der Waals surface area contributed by atoms with Crippen LogP contribution < -0.4 is 10.5 Å². The molecule has 2 aliphatic heterocycles. The summed E-state index contributed by atoms with van der Waals surface area (Å²) < 4.78 is 103. The fourth-order valence-corrected chi connectivity index (χ4v) is 8.70. The van der Waals surface area contributed by atoms with E-state index in [4.69, 9.17) is 10.5 Å². The Morgan fingerprint density at radius 1 is 0.843 bits per heavy atom. The Hall–Kier alpha value is -3.59. The number of benzene rings is 3. The van der Waals surface area contributed by atoms with E-state index in [9.17, 15) is 35.2 Å². The normalized spacial score (nSPS) is 22.5. The van der Waals surface area contributed by atoms with Gasteiger partial charge < -0.3 is 15.4 Å². The summed E-state index contributed by atoms with van der Waals surface area (Å²) in [7, 11) is -4.21. The topological polar surface area (TPSA) is 96.2 Å². The van der Waals surface area contributed by atoms with Crippen LogP contribution in [0.4, 0.5) is 22.0 Å². The number of carbonyl (C=O) groups is 1. The number of hydrogen-bond acceptors (Lipinski definition) is 6. The van der Waals surface area contributed by atoms with Crippen molar-refractivity contribution in [2.75, 3.05) is 39.3 Å². The number of nitrogens with zero attached hydrogens (tertiary/aromatic N) is 3. The molecule has 276 valence electrons. The number of alkyl halides is 5. The van der Waals surface area contributed by atoms with Crippen molar-refractivity contribution in [1.29, 1.82) is 0 Å². The van der Waals surface area contributed by atoms with Gasteiger partial charge in [0, 0.05) is 32.7 Å². The van der Waals surface area contributed by atoms with Gasteiger partial charge in [0.1, 0.15) is 11.8 Å². The Balaban J connectivity index is 1.17. The first-order chi connectivity index (χ1) is 24.2. The molecular weight excluding hydrogens is 691 g/mol. The molecule has 3 aromatic carbocycles. The quantitative estimate of drug-likeness (QED) is 0.256. The number of piperidine rings is 1. The van der Waals surface area contributed by atoms with Crippen LogP contribution in [-0.4, -0.2) is 85.8 Å². The van der Waals surface area contributed by atoms with Crippen molar-refractivity contribution in [1.82, 2.24) is 14.1 Å². The summed E-state index contributed by atoms with van der Waals surface area (Å²) >= 11 is 0. The molecule has 2 atom stereocenters. The lowest BCUT2D eigenvalue weighted by atomic mass is 9.90. The summed E-state index contributed by atoms with van der Waals surface area (Å²) in [5, 5.41) is 0. The molecule has 14 heteroatoms. The molecular formula is C37H43F5N4O4S. The summed E-state index contributed by atoms with van der Waals surface area (Å²) in [6, 6.07) is 15.5. The molecule has 0 bridgehead atoms. The zero-order valence-electron chi connectivity index (χ0n) is 28.2. The predicted octanol–water partition coefficient (Wildman–Crippen LogP) is 6.40. The molecule has 8 nitrogen and oxygen atoms in total. The van der Waals surface area contributed by atoms with Crippen LogP contribution in [0.15, 0.2) is 77.7 Å². The van der Waals surface area contributed by atoms with E-state index in [0.29, 0.717) is 35.9 Å². The van der Waals surface area contributed by atoms with Crippen molar-refractivity contribution >= 4 is 15.9 Å². The van der Waals surface area contributed by atoms with Gasteiger partial charge in [0.2, 0.25) is 15.9 Å². The minimum absolute atomic E-state index is 0.0155. The van der Waals surface area contributed by atoms with Crippen molar-refractivity contribution in [2.45, 2.75) is 74.1 Å². The number of piperazine rings is 1. The lowest BCUT2D eigenvalue weighted by Gasteiger charge is -2.43. The van der Waals surface area contributed by atoms with Crippen molar-refractivity contribution in [2.24, 2.45) is 11.7 Å². The standard InChI is InChI=1S/C37H43F5N4O4S/c38-36(39)25-45(19-18-34(36)43)35(47)33-23-44(22-26-6-8-28(9-7-26)29-10-12-30(13-11-29)37(40,41)42)20-21-46(33)51(48,49)32-16-14-31(15-17-32)50-24-27-4-2-1-3-5-27/h6-17,27,33-34H,1-5,18-25,43H2/t33-,34?/m0/s1. The van der Waals surface area contributed by atoms with E-state index in [1.165, 1.54) is 43.5 Å². The molecule has 1 amide bonds. The van der Waals surface area contributed by atoms with E-state index < -0.39 is 52.2 Å². The third kappa shape index (κ3) is 8.73. The first kappa shape index (κ1) is 37.2. The highest BCUT2D eigenvalue weighted by Gasteiger charge is 2.48. The number of amides is 1. The first-order valence-corrected chi connectivity index (χ1v) is 18.8. The minimum atomic E-state index is -4.43. The third-order valence-electron chi connectivity index (χ3n) is 10.2. The van der Waals surface area contributed by atoms with Gasteiger partial charge in [0.25, 0.3) is 5.92 Å². The highest BCUT2D eigenvalue weighted by atomic mass is 32.2. The van der Waals surface area contributed by atoms with Gasteiger partial charge in [-0.15, -0.1) is 0 Å². The molecule has 0 spiro atoms. The second-order valence-corrected chi connectivity index (χ2v) is 15.7.